The molecule has 0 bridgehead atoms. The van der Waals surface area contributed by atoms with Gasteiger partial charge in [-0.3, -0.25) is 14.9 Å². The predicted molar refractivity (Wildman–Crippen MR) is 116 cm³/mol. The van der Waals surface area contributed by atoms with Gasteiger partial charge in [-0.1, -0.05) is 18.2 Å². The van der Waals surface area contributed by atoms with Crippen LogP contribution in [-0.4, -0.2) is 47.7 Å². The summed E-state index contributed by atoms with van der Waals surface area (Å²) < 4.78 is 13.7. The van der Waals surface area contributed by atoms with Crippen LogP contribution in [0.4, 0.5) is 4.39 Å². The van der Waals surface area contributed by atoms with Gasteiger partial charge in [0.1, 0.15) is 5.82 Å². The zero-order chi connectivity index (χ0) is 21.8. The van der Waals surface area contributed by atoms with Crippen LogP contribution in [0.2, 0.25) is 0 Å². The van der Waals surface area contributed by atoms with Crippen LogP contribution >= 0.6 is 0 Å². The number of carboxylic acids is 1. The Balaban J connectivity index is 1.34. The molecule has 1 unspecified atom stereocenters. The number of fused-ring (bicyclic) bond motifs is 1. The third kappa shape index (κ3) is 5.15. The SMILES string of the molecule is O=C(O)C[C@H](c1cccc(F)c1)[C@H]1CCN(CCCC2=CC=C3CCCNC3N2)C1=O. The van der Waals surface area contributed by atoms with Crippen molar-refractivity contribution in [1.29, 1.82) is 0 Å². The number of hydrogen-bond acceptors (Lipinski definition) is 4. The third-order valence-electron chi connectivity index (χ3n) is 6.56. The van der Waals surface area contributed by atoms with Crippen molar-refractivity contribution in [2.24, 2.45) is 5.92 Å². The third-order valence-corrected chi connectivity index (χ3v) is 6.56. The van der Waals surface area contributed by atoms with E-state index in [1.54, 1.807) is 12.1 Å². The van der Waals surface area contributed by atoms with Crippen molar-refractivity contribution in [2.75, 3.05) is 19.6 Å². The van der Waals surface area contributed by atoms with Crippen LogP contribution in [0.25, 0.3) is 0 Å². The van der Waals surface area contributed by atoms with Gasteiger partial charge in [-0.05, 0) is 68.0 Å². The molecule has 3 heterocycles. The van der Waals surface area contributed by atoms with Crippen molar-refractivity contribution in [3.05, 3.63) is 59.1 Å². The smallest absolute Gasteiger partial charge is 0.303 e. The van der Waals surface area contributed by atoms with E-state index in [1.165, 1.54) is 29.8 Å². The number of carbonyl (C=O) groups excluding carboxylic acids is 1. The Bertz CT molecular complexity index is 898. The van der Waals surface area contributed by atoms with Crippen molar-refractivity contribution in [2.45, 2.75) is 50.6 Å². The molecule has 1 aromatic carbocycles. The minimum absolute atomic E-state index is 0.0165. The van der Waals surface area contributed by atoms with Gasteiger partial charge in [0.2, 0.25) is 5.91 Å². The summed E-state index contributed by atoms with van der Waals surface area (Å²) in [5.41, 5.74) is 3.16. The van der Waals surface area contributed by atoms with Crippen LogP contribution in [0.1, 0.15) is 50.0 Å². The number of allylic oxidation sites excluding steroid dienone is 3. The molecule has 6 nitrogen and oxygen atoms in total. The van der Waals surface area contributed by atoms with E-state index in [0.717, 1.165) is 25.8 Å². The topological polar surface area (TPSA) is 81.7 Å². The summed E-state index contributed by atoms with van der Waals surface area (Å²) in [5, 5.41) is 16.4. The molecule has 3 aliphatic heterocycles. The fourth-order valence-corrected chi connectivity index (χ4v) is 4.97. The van der Waals surface area contributed by atoms with Crippen LogP contribution in [0, 0.1) is 11.7 Å². The van der Waals surface area contributed by atoms with Crippen LogP contribution in [0.5, 0.6) is 0 Å². The van der Waals surface area contributed by atoms with Crippen molar-refractivity contribution in [3.8, 4) is 0 Å². The molecule has 31 heavy (non-hydrogen) atoms. The molecule has 4 rings (SSSR count). The van der Waals surface area contributed by atoms with Gasteiger partial charge in [0.15, 0.2) is 0 Å². The van der Waals surface area contributed by atoms with E-state index >= 15 is 0 Å². The van der Waals surface area contributed by atoms with Crippen molar-refractivity contribution in [3.63, 3.8) is 0 Å². The summed E-state index contributed by atoms with van der Waals surface area (Å²) in [6.45, 7) is 2.29. The molecule has 0 aliphatic carbocycles. The molecule has 1 aromatic rings. The van der Waals surface area contributed by atoms with Crippen LogP contribution in [0.15, 0.2) is 47.7 Å². The Hall–Kier alpha value is -2.67. The first-order valence-electron chi connectivity index (χ1n) is 11.2. The highest BCUT2D eigenvalue weighted by atomic mass is 19.1. The molecular weight excluding hydrogens is 397 g/mol. The number of amides is 1. The number of hydrogen-bond donors (Lipinski definition) is 3. The zero-order valence-corrected chi connectivity index (χ0v) is 17.6. The maximum atomic E-state index is 13.7. The lowest BCUT2D eigenvalue weighted by Gasteiger charge is -2.32. The van der Waals surface area contributed by atoms with E-state index in [-0.39, 0.29) is 18.5 Å². The molecule has 166 valence electrons. The standard InChI is InChI=1S/C24H30FN3O3/c25-18-6-1-4-17(14-18)21(15-22(29)30)20-10-13-28(24(20)31)12-3-7-19-9-8-16-5-2-11-26-23(16)27-19/h1,4,6,8-9,14,20-21,23,26-27H,2-3,5,7,10-13,15H2,(H,29,30)/t20-,21-,23?/m1/s1. The average molecular weight is 428 g/mol. The first-order chi connectivity index (χ1) is 15.0. The number of nitrogens with zero attached hydrogens (tertiary/aromatic N) is 1. The number of halogens is 1. The summed E-state index contributed by atoms with van der Waals surface area (Å²) in [6.07, 6.45) is 9.00. The van der Waals surface area contributed by atoms with Gasteiger partial charge in [-0.2, -0.15) is 0 Å². The Kier molecular flexibility index (Phi) is 6.70. The zero-order valence-electron chi connectivity index (χ0n) is 17.6. The van der Waals surface area contributed by atoms with E-state index in [9.17, 15) is 19.1 Å². The largest absolute Gasteiger partial charge is 0.481 e. The van der Waals surface area contributed by atoms with E-state index in [4.69, 9.17) is 0 Å². The Morgan fingerprint density at radius 3 is 3.00 bits per heavy atom. The lowest BCUT2D eigenvalue weighted by molar-refractivity contribution is -0.138. The number of dihydropyridines is 1. The second kappa shape index (κ2) is 9.64. The lowest BCUT2D eigenvalue weighted by Crippen LogP contribution is -2.47. The van der Waals surface area contributed by atoms with Gasteiger partial charge in [0.05, 0.1) is 12.6 Å². The summed E-state index contributed by atoms with van der Waals surface area (Å²) in [4.78, 5) is 26.3. The van der Waals surface area contributed by atoms with Crippen LogP contribution in [-0.2, 0) is 9.59 Å². The summed E-state index contributed by atoms with van der Waals surface area (Å²) in [5.74, 6) is -2.32. The molecular formula is C24H30FN3O3. The van der Waals surface area contributed by atoms with Gasteiger partial charge in [0.25, 0.3) is 0 Å². The fourth-order valence-electron chi connectivity index (χ4n) is 4.97. The number of benzene rings is 1. The van der Waals surface area contributed by atoms with Gasteiger partial charge in [-0.15, -0.1) is 0 Å². The molecule has 2 fully saturated rings. The summed E-state index contributed by atoms with van der Waals surface area (Å²) >= 11 is 0. The number of carboxylic acid groups (broad SMARTS) is 1. The highest BCUT2D eigenvalue weighted by Gasteiger charge is 2.38. The average Bonchev–Trinajstić information content (AvgIpc) is 3.12. The number of aliphatic carboxylic acids is 1. The van der Waals surface area contributed by atoms with E-state index in [2.05, 4.69) is 22.8 Å². The summed E-state index contributed by atoms with van der Waals surface area (Å²) in [6, 6.07) is 5.97. The Labute approximate surface area is 182 Å². The molecule has 3 N–H and O–H groups in total. The molecule has 3 atom stereocenters. The molecule has 1 amide bonds. The van der Waals surface area contributed by atoms with E-state index < -0.39 is 23.6 Å². The summed E-state index contributed by atoms with van der Waals surface area (Å²) in [7, 11) is 0. The first-order valence-corrected chi connectivity index (χ1v) is 11.2. The number of carbonyl (C=O) groups is 2. The highest BCUT2D eigenvalue weighted by Crippen LogP contribution is 2.36. The van der Waals surface area contributed by atoms with Crippen molar-refractivity contribution < 1.29 is 19.1 Å². The Morgan fingerprint density at radius 1 is 1.32 bits per heavy atom. The number of nitrogens with one attached hydrogen (secondary N) is 2. The second-order valence-electron chi connectivity index (χ2n) is 8.65. The maximum absolute atomic E-state index is 13.7. The van der Waals surface area contributed by atoms with Crippen LogP contribution in [0.3, 0.4) is 0 Å². The van der Waals surface area contributed by atoms with Gasteiger partial charge in [-0.25, -0.2) is 4.39 Å². The van der Waals surface area contributed by atoms with Gasteiger partial charge in [0, 0.05) is 30.6 Å². The monoisotopic (exact) mass is 427 g/mol. The number of rotatable bonds is 8. The van der Waals surface area contributed by atoms with E-state index in [1.807, 2.05) is 4.90 Å². The fraction of sp³-hybridized carbons (Fsp3) is 0.500. The quantitative estimate of drug-likeness (QED) is 0.594. The molecule has 0 saturated carbocycles. The number of piperidine rings is 1. The van der Waals surface area contributed by atoms with Crippen LogP contribution < -0.4 is 10.6 Å². The molecule has 7 heteroatoms. The van der Waals surface area contributed by atoms with E-state index in [0.29, 0.717) is 25.1 Å². The predicted octanol–water partition coefficient (Wildman–Crippen LogP) is 3.14. The molecule has 0 radical (unpaired) electrons. The molecule has 0 aromatic heterocycles. The molecule has 2 saturated heterocycles. The minimum Gasteiger partial charge on any atom is -0.481 e. The molecule has 3 aliphatic rings. The van der Waals surface area contributed by atoms with Crippen molar-refractivity contribution >= 4 is 11.9 Å². The number of likely N-dealkylation sites (tertiary alicyclic amines) is 1. The normalized spacial score (nSPS) is 24.2. The maximum Gasteiger partial charge on any atom is 0.303 e. The highest BCUT2D eigenvalue weighted by molar-refractivity contribution is 5.83. The Morgan fingerprint density at radius 2 is 2.19 bits per heavy atom. The minimum atomic E-state index is -0.973. The molecule has 0 spiro atoms. The van der Waals surface area contributed by atoms with Gasteiger partial charge >= 0.3 is 5.97 Å². The first kappa shape index (κ1) is 21.6. The lowest BCUT2D eigenvalue weighted by atomic mass is 9.82. The van der Waals surface area contributed by atoms with Gasteiger partial charge < -0.3 is 15.3 Å². The van der Waals surface area contributed by atoms with Crippen molar-refractivity contribution in [1.82, 2.24) is 15.5 Å². The second-order valence-corrected chi connectivity index (χ2v) is 8.65.